The average molecular weight is 148 g/mol. The number of aromatic hydroxyl groups is 1. The predicted octanol–water partition coefficient (Wildman–Crippen LogP) is 1.05. The Labute approximate surface area is 65.9 Å². The lowest BCUT2D eigenvalue weighted by atomic mass is 10.0. The SMILES string of the molecule is Oc1ccc2c(c1)CCN[CH]2. The molecule has 0 aromatic heterocycles. The minimum atomic E-state index is 0.360. The van der Waals surface area contributed by atoms with Crippen molar-refractivity contribution >= 4 is 0 Å². The van der Waals surface area contributed by atoms with E-state index in [0.29, 0.717) is 5.75 Å². The van der Waals surface area contributed by atoms with Gasteiger partial charge in [-0.2, -0.15) is 0 Å². The van der Waals surface area contributed by atoms with Crippen molar-refractivity contribution in [2.75, 3.05) is 6.54 Å². The van der Waals surface area contributed by atoms with Gasteiger partial charge in [0.2, 0.25) is 0 Å². The molecule has 57 valence electrons. The zero-order chi connectivity index (χ0) is 7.68. The zero-order valence-corrected chi connectivity index (χ0v) is 6.17. The second-order valence-corrected chi connectivity index (χ2v) is 2.73. The molecule has 0 unspecified atom stereocenters. The van der Waals surface area contributed by atoms with Gasteiger partial charge in [0.1, 0.15) is 5.75 Å². The standard InChI is InChI=1S/C9H10NO/c11-9-2-1-8-6-10-4-3-7(8)5-9/h1-2,5-6,10-11H,3-4H2. The molecule has 2 heteroatoms. The molecule has 0 saturated heterocycles. The van der Waals surface area contributed by atoms with Crippen molar-refractivity contribution in [1.29, 1.82) is 0 Å². The third kappa shape index (κ3) is 1.21. The van der Waals surface area contributed by atoms with Gasteiger partial charge < -0.3 is 10.4 Å². The summed E-state index contributed by atoms with van der Waals surface area (Å²) in [6.07, 6.45) is 1.00. The van der Waals surface area contributed by atoms with Crippen molar-refractivity contribution in [3.63, 3.8) is 0 Å². The van der Waals surface area contributed by atoms with E-state index in [0.717, 1.165) is 13.0 Å². The third-order valence-corrected chi connectivity index (χ3v) is 1.92. The van der Waals surface area contributed by atoms with Gasteiger partial charge in [0.15, 0.2) is 0 Å². The summed E-state index contributed by atoms with van der Waals surface area (Å²) in [7, 11) is 0. The summed E-state index contributed by atoms with van der Waals surface area (Å²) in [5, 5.41) is 12.3. The Balaban J connectivity index is 2.43. The van der Waals surface area contributed by atoms with Gasteiger partial charge >= 0.3 is 0 Å². The van der Waals surface area contributed by atoms with Crippen LogP contribution in [-0.4, -0.2) is 11.7 Å². The van der Waals surface area contributed by atoms with Gasteiger partial charge in [-0.25, -0.2) is 0 Å². The molecule has 0 amide bonds. The maximum absolute atomic E-state index is 9.15. The van der Waals surface area contributed by atoms with Crippen LogP contribution in [0, 0.1) is 6.54 Å². The number of fused-ring (bicyclic) bond motifs is 1. The highest BCUT2D eigenvalue weighted by Crippen LogP contribution is 2.19. The first-order chi connectivity index (χ1) is 5.36. The van der Waals surface area contributed by atoms with E-state index in [1.165, 1.54) is 11.1 Å². The molecule has 0 saturated carbocycles. The van der Waals surface area contributed by atoms with E-state index in [-0.39, 0.29) is 0 Å². The van der Waals surface area contributed by atoms with E-state index in [9.17, 15) is 0 Å². The van der Waals surface area contributed by atoms with Crippen LogP contribution in [0.3, 0.4) is 0 Å². The van der Waals surface area contributed by atoms with Crippen LogP contribution in [0.15, 0.2) is 18.2 Å². The van der Waals surface area contributed by atoms with E-state index < -0.39 is 0 Å². The highest BCUT2D eigenvalue weighted by Gasteiger charge is 2.08. The van der Waals surface area contributed by atoms with Crippen molar-refractivity contribution in [2.24, 2.45) is 0 Å². The fraction of sp³-hybridized carbons (Fsp3) is 0.222. The summed E-state index contributed by atoms with van der Waals surface area (Å²) in [5.74, 6) is 0.360. The minimum absolute atomic E-state index is 0.360. The van der Waals surface area contributed by atoms with Crippen LogP contribution in [0.1, 0.15) is 11.1 Å². The van der Waals surface area contributed by atoms with Crippen molar-refractivity contribution in [3.05, 3.63) is 35.9 Å². The molecule has 1 aromatic rings. The first-order valence-electron chi connectivity index (χ1n) is 3.75. The Hall–Kier alpha value is -1.02. The first kappa shape index (κ1) is 6.68. The topological polar surface area (TPSA) is 32.3 Å². The lowest BCUT2D eigenvalue weighted by molar-refractivity contribution is 0.474. The smallest absolute Gasteiger partial charge is 0.115 e. The monoisotopic (exact) mass is 148 g/mol. The van der Waals surface area contributed by atoms with Gasteiger partial charge in [0.05, 0.1) is 6.54 Å². The van der Waals surface area contributed by atoms with Crippen LogP contribution in [0.2, 0.25) is 0 Å². The minimum Gasteiger partial charge on any atom is -0.508 e. The largest absolute Gasteiger partial charge is 0.508 e. The molecule has 2 rings (SSSR count). The quantitative estimate of drug-likeness (QED) is 0.576. The summed E-state index contributed by atoms with van der Waals surface area (Å²) in [6, 6.07) is 5.46. The molecular formula is C9H10NO. The predicted molar refractivity (Wildman–Crippen MR) is 43.2 cm³/mol. The zero-order valence-electron chi connectivity index (χ0n) is 6.17. The number of nitrogens with one attached hydrogen (secondary N) is 1. The number of benzene rings is 1. The van der Waals surface area contributed by atoms with Gasteiger partial charge in [-0.3, -0.25) is 0 Å². The fourth-order valence-electron chi connectivity index (χ4n) is 1.34. The molecule has 2 N–H and O–H groups in total. The van der Waals surface area contributed by atoms with Crippen LogP contribution in [0.25, 0.3) is 0 Å². The van der Waals surface area contributed by atoms with Gasteiger partial charge in [0, 0.05) is 0 Å². The molecule has 0 bridgehead atoms. The maximum Gasteiger partial charge on any atom is 0.115 e. The van der Waals surface area contributed by atoms with Gasteiger partial charge in [0.25, 0.3) is 0 Å². The molecule has 1 aromatic carbocycles. The van der Waals surface area contributed by atoms with Crippen molar-refractivity contribution in [2.45, 2.75) is 6.42 Å². The molecule has 2 nitrogen and oxygen atoms in total. The van der Waals surface area contributed by atoms with E-state index in [4.69, 9.17) is 5.11 Å². The molecule has 1 heterocycles. The van der Waals surface area contributed by atoms with E-state index in [1.807, 2.05) is 18.7 Å². The molecule has 0 aliphatic carbocycles. The molecule has 1 aliphatic heterocycles. The highest BCUT2D eigenvalue weighted by molar-refractivity contribution is 5.40. The molecule has 0 spiro atoms. The van der Waals surface area contributed by atoms with Gasteiger partial charge in [-0.1, -0.05) is 6.07 Å². The molecule has 0 atom stereocenters. The Morgan fingerprint density at radius 3 is 3.18 bits per heavy atom. The van der Waals surface area contributed by atoms with Crippen molar-refractivity contribution in [3.8, 4) is 5.75 Å². The molecular weight excluding hydrogens is 138 g/mol. The Kier molecular flexibility index (Phi) is 1.55. The maximum atomic E-state index is 9.15. The van der Waals surface area contributed by atoms with Gasteiger partial charge in [-0.05, 0) is 36.2 Å². The molecule has 11 heavy (non-hydrogen) atoms. The Bertz CT molecular complexity index is 270. The normalized spacial score (nSPS) is 16.0. The average Bonchev–Trinajstić information content (AvgIpc) is 2.04. The van der Waals surface area contributed by atoms with Crippen LogP contribution in [0.4, 0.5) is 0 Å². The summed E-state index contributed by atoms with van der Waals surface area (Å²) in [6.45, 7) is 2.95. The number of phenolic OH excluding ortho intramolecular Hbond substituents is 1. The van der Waals surface area contributed by atoms with Crippen molar-refractivity contribution < 1.29 is 5.11 Å². The third-order valence-electron chi connectivity index (χ3n) is 1.92. The summed E-state index contributed by atoms with van der Waals surface area (Å²) < 4.78 is 0. The lowest BCUT2D eigenvalue weighted by Gasteiger charge is -2.15. The Morgan fingerprint density at radius 2 is 2.27 bits per heavy atom. The number of phenols is 1. The van der Waals surface area contributed by atoms with Gasteiger partial charge in [-0.15, -0.1) is 0 Å². The Morgan fingerprint density at radius 1 is 1.36 bits per heavy atom. The van der Waals surface area contributed by atoms with E-state index >= 15 is 0 Å². The van der Waals surface area contributed by atoms with E-state index in [2.05, 4.69) is 5.32 Å². The summed E-state index contributed by atoms with van der Waals surface area (Å²) >= 11 is 0. The second kappa shape index (κ2) is 2.55. The lowest BCUT2D eigenvalue weighted by Crippen LogP contribution is -2.21. The molecule has 1 radical (unpaired) electrons. The highest BCUT2D eigenvalue weighted by atomic mass is 16.3. The van der Waals surface area contributed by atoms with Crippen LogP contribution >= 0.6 is 0 Å². The van der Waals surface area contributed by atoms with Crippen LogP contribution < -0.4 is 5.32 Å². The van der Waals surface area contributed by atoms with Crippen LogP contribution in [-0.2, 0) is 6.42 Å². The number of hydrogen-bond donors (Lipinski definition) is 2. The molecule has 1 aliphatic rings. The summed E-state index contributed by atoms with van der Waals surface area (Å²) in [5.41, 5.74) is 2.41. The van der Waals surface area contributed by atoms with Crippen molar-refractivity contribution in [1.82, 2.24) is 5.32 Å². The first-order valence-corrected chi connectivity index (χ1v) is 3.75. The number of rotatable bonds is 0. The molecule has 0 fully saturated rings. The fourth-order valence-corrected chi connectivity index (χ4v) is 1.34. The van der Waals surface area contributed by atoms with Crippen LogP contribution in [0.5, 0.6) is 5.75 Å². The van der Waals surface area contributed by atoms with E-state index in [1.54, 1.807) is 6.07 Å². The second-order valence-electron chi connectivity index (χ2n) is 2.73. The summed E-state index contributed by atoms with van der Waals surface area (Å²) in [4.78, 5) is 0. The number of hydrogen-bond acceptors (Lipinski definition) is 2.